The molecular weight excluding hydrogens is 446 g/mol. The van der Waals surface area contributed by atoms with Crippen molar-refractivity contribution < 1.29 is 27.8 Å². The van der Waals surface area contributed by atoms with Crippen LogP contribution in [0.1, 0.15) is 30.9 Å². The highest BCUT2D eigenvalue weighted by Crippen LogP contribution is 2.40. The number of anilines is 1. The van der Waals surface area contributed by atoms with E-state index in [4.69, 9.17) is 14.6 Å². The maximum absolute atomic E-state index is 12.9. The topological polar surface area (TPSA) is 78.7 Å². The monoisotopic (exact) mass is 470 g/mol. The van der Waals surface area contributed by atoms with Gasteiger partial charge in [-0.3, -0.25) is 9.88 Å². The number of hydrogen-bond donors (Lipinski definition) is 0. The third-order valence-corrected chi connectivity index (χ3v) is 6.01. The Balaban J connectivity index is 1.52. The molecule has 2 aliphatic rings. The summed E-state index contributed by atoms with van der Waals surface area (Å²) >= 11 is 0. The molecule has 0 N–H and O–H groups in total. The fraction of sp³-hybridized carbons (Fsp3) is 0.375. The van der Waals surface area contributed by atoms with E-state index in [2.05, 4.69) is 9.72 Å². The summed E-state index contributed by atoms with van der Waals surface area (Å²) in [6.45, 7) is -2.08. The Hall–Kier alpha value is -3.69. The molecule has 1 aliphatic carbocycles. The van der Waals surface area contributed by atoms with Crippen molar-refractivity contribution in [3.8, 4) is 22.8 Å². The van der Waals surface area contributed by atoms with Crippen molar-refractivity contribution >= 4 is 11.9 Å². The molecule has 1 unspecified atom stereocenters. The number of ether oxygens (including phenoxy) is 3. The number of methoxy groups -OCH3 is 1. The van der Waals surface area contributed by atoms with Crippen LogP contribution in [-0.4, -0.2) is 47.7 Å². The van der Waals surface area contributed by atoms with Gasteiger partial charge in [-0.2, -0.15) is 13.9 Å². The van der Waals surface area contributed by atoms with Crippen LogP contribution in [0.3, 0.4) is 0 Å². The van der Waals surface area contributed by atoms with E-state index in [9.17, 15) is 13.6 Å². The van der Waals surface area contributed by atoms with Gasteiger partial charge in [0.2, 0.25) is 0 Å². The first-order valence-corrected chi connectivity index (χ1v) is 11.1. The predicted molar refractivity (Wildman–Crippen MR) is 119 cm³/mol. The lowest BCUT2D eigenvalue weighted by Gasteiger charge is -2.32. The molecule has 1 aliphatic heterocycles. The zero-order valence-corrected chi connectivity index (χ0v) is 18.6. The van der Waals surface area contributed by atoms with Crippen LogP contribution in [0.4, 0.5) is 19.4 Å². The molecule has 34 heavy (non-hydrogen) atoms. The van der Waals surface area contributed by atoms with Crippen LogP contribution in [0.5, 0.6) is 11.5 Å². The number of alkyl halides is 2. The van der Waals surface area contributed by atoms with Crippen LogP contribution in [0.2, 0.25) is 0 Å². The molecule has 3 heterocycles. The summed E-state index contributed by atoms with van der Waals surface area (Å²) < 4.78 is 43.1. The van der Waals surface area contributed by atoms with Gasteiger partial charge in [-0.25, -0.2) is 9.48 Å². The normalized spacial score (nSPS) is 17.4. The summed E-state index contributed by atoms with van der Waals surface area (Å²) in [6, 6.07) is 10.2. The molecule has 1 aromatic carbocycles. The van der Waals surface area contributed by atoms with Gasteiger partial charge in [0.05, 0.1) is 25.5 Å². The molecule has 1 atom stereocenters. The standard InChI is InChI=1S/C24H24F2N4O4/c1-32-24(31)29-10-8-19(30-22(29)12-18(28-30)17-3-2-9-27-13-17)16-6-7-20(34-23(25)26)21(11-16)33-14-15-4-5-15/h2-3,6-7,9,11-13,15,19,23H,4-5,8,10,14H2,1H3. The second-order valence-electron chi connectivity index (χ2n) is 8.34. The highest BCUT2D eigenvalue weighted by atomic mass is 19.3. The van der Waals surface area contributed by atoms with E-state index in [1.165, 1.54) is 18.1 Å². The van der Waals surface area contributed by atoms with E-state index in [0.717, 1.165) is 24.0 Å². The van der Waals surface area contributed by atoms with Crippen molar-refractivity contribution in [2.75, 3.05) is 25.2 Å². The maximum atomic E-state index is 12.9. The Labute approximate surface area is 195 Å². The number of rotatable bonds is 7. The Morgan fingerprint density at radius 3 is 2.74 bits per heavy atom. The molecule has 0 saturated heterocycles. The number of hydrogen-bond acceptors (Lipinski definition) is 6. The molecular formula is C24H24F2N4O4. The maximum Gasteiger partial charge on any atom is 0.415 e. The van der Waals surface area contributed by atoms with E-state index in [0.29, 0.717) is 37.0 Å². The van der Waals surface area contributed by atoms with Gasteiger partial charge < -0.3 is 14.2 Å². The Bertz CT molecular complexity index is 1170. The Morgan fingerprint density at radius 1 is 1.18 bits per heavy atom. The number of fused-ring (bicyclic) bond motifs is 1. The second-order valence-corrected chi connectivity index (χ2v) is 8.34. The quantitative estimate of drug-likeness (QED) is 0.489. The highest BCUT2D eigenvalue weighted by molar-refractivity contribution is 5.87. The van der Waals surface area contributed by atoms with Crippen LogP contribution < -0.4 is 14.4 Å². The first-order chi connectivity index (χ1) is 16.5. The van der Waals surface area contributed by atoms with Gasteiger partial charge in [0.25, 0.3) is 0 Å². The molecule has 3 aromatic rings. The SMILES string of the molecule is COC(=O)N1CCC(c2ccc(OC(F)F)c(OCC3CC3)c2)n2nc(-c3cccnc3)cc21. The van der Waals surface area contributed by atoms with Crippen LogP contribution in [0.25, 0.3) is 11.3 Å². The number of carbonyl (C=O) groups is 1. The van der Waals surface area contributed by atoms with Crippen LogP contribution in [0, 0.1) is 5.92 Å². The summed E-state index contributed by atoms with van der Waals surface area (Å²) in [6.07, 6.45) is 5.59. The number of amides is 1. The molecule has 8 nitrogen and oxygen atoms in total. The van der Waals surface area contributed by atoms with Crippen LogP contribution in [-0.2, 0) is 4.74 Å². The van der Waals surface area contributed by atoms with Gasteiger partial charge in [-0.1, -0.05) is 6.07 Å². The molecule has 0 spiro atoms. The van der Waals surface area contributed by atoms with E-state index in [-0.39, 0.29) is 17.5 Å². The lowest BCUT2D eigenvalue weighted by atomic mass is 10.0. The molecule has 178 valence electrons. The Kier molecular flexibility index (Phi) is 6.04. The van der Waals surface area contributed by atoms with E-state index in [1.54, 1.807) is 29.2 Å². The first kappa shape index (κ1) is 22.1. The van der Waals surface area contributed by atoms with E-state index in [1.807, 2.05) is 18.2 Å². The average molecular weight is 470 g/mol. The third kappa shape index (κ3) is 4.52. The van der Waals surface area contributed by atoms with Crippen molar-refractivity contribution in [2.24, 2.45) is 5.92 Å². The molecule has 1 saturated carbocycles. The second kappa shape index (κ2) is 9.28. The molecule has 2 aromatic heterocycles. The number of aromatic nitrogens is 3. The fourth-order valence-electron chi connectivity index (χ4n) is 4.09. The van der Waals surface area contributed by atoms with Gasteiger partial charge in [0, 0.05) is 30.6 Å². The van der Waals surface area contributed by atoms with Gasteiger partial charge >= 0.3 is 12.7 Å². The first-order valence-electron chi connectivity index (χ1n) is 11.1. The van der Waals surface area contributed by atoms with Crippen LogP contribution >= 0.6 is 0 Å². The number of halogens is 2. The lowest BCUT2D eigenvalue weighted by molar-refractivity contribution is -0.0515. The molecule has 5 rings (SSSR count). The molecule has 1 amide bonds. The number of pyridine rings is 1. The van der Waals surface area contributed by atoms with Crippen molar-refractivity contribution in [2.45, 2.75) is 31.9 Å². The molecule has 1 fully saturated rings. The highest BCUT2D eigenvalue weighted by Gasteiger charge is 2.33. The van der Waals surface area contributed by atoms with Gasteiger partial charge in [-0.05, 0) is 55.0 Å². The van der Waals surface area contributed by atoms with Gasteiger partial charge in [0.15, 0.2) is 11.5 Å². The number of carbonyl (C=O) groups excluding carboxylic acids is 1. The summed E-state index contributed by atoms with van der Waals surface area (Å²) in [5, 5.41) is 4.77. The molecule has 10 heteroatoms. The molecule has 0 bridgehead atoms. The third-order valence-electron chi connectivity index (χ3n) is 6.01. The average Bonchev–Trinajstić information content (AvgIpc) is 3.57. The Morgan fingerprint density at radius 2 is 2.03 bits per heavy atom. The summed E-state index contributed by atoms with van der Waals surface area (Å²) in [5.74, 6) is 1.31. The summed E-state index contributed by atoms with van der Waals surface area (Å²) in [7, 11) is 1.34. The minimum Gasteiger partial charge on any atom is -0.489 e. The smallest absolute Gasteiger partial charge is 0.415 e. The van der Waals surface area contributed by atoms with Gasteiger partial charge in [-0.15, -0.1) is 0 Å². The van der Waals surface area contributed by atoms with Crippen LogP contribution in [0.15, 0.2) is 48.8 Å². The van der Waals surface area contributed by atoms with Crippen molar-refractivity contribution in [3.63, 3.8) is 0 Å². The number of benzene rings is 1. The zero-order valence-electron chi connectivity index (χ0n) is 18.6. The van der Waals surface area contributed by atoms with Crippen molar-refractivity contribution in [3.05, 3.63) is 54.4 Å². The predicted octanol–water partition coefficient (Wildman–Crippen LogP) is 4.90. The van der Waals surface area contributed by atoms with Gasteiger partial charge in [0.1, 0.15) is 5.82 Å². The van der Waals surface area contributed by atoms with E-state index >= 15 is 0 Å². The van der Waals surface area contributed by atoms with Crippen molar-refractivity contribution in [1.82, 2.24) is 14.8 Å². The summed E-state index contributed by atoms with van der Waals surface area (Å²) in [5.41, 5.74) is 2.29. The van der Waals surface area contributed by atoms with E-state index < -0.39 is 12.7 Å². The van der Waals surface area contributed by atoms with Crippen molar-refractivity contribution in [1.29, 1.82) is 0 Å². The molecule has 0 radical (unpaired) electrons. The summed E-state index contributed by atoms with van der Waals surface area (Å²) in [4.78, 5) is 18.1. The largest absolute Gasteiger partial charge is 0.489 e. The fourth-order valence-corrected chi connectivity index (χ4v) is 4.09. The zero-order chi connectivity index (χ0) is 23.7. The minimum atomic E-state index is -2.95. The minimum absolute atomic E-state index is 0.00290. The lowest BCUT2D eigenvalue weighted by Crippen LogP contribution is -2.39. The number of nitrogens with zero attached hydrogens (tertiary/aromatic N) is 4.